The van der Waals surface area contributed by atoms with Gasteiger partial charge >= 0.3 is 0 Å². The molecule has 3 aliphatic heterocycles. The van der Waals surface area contributed by atoms with Crippen LogP contribution in [-0.2, 0) is 14.2 Å². The van der Waals surface area contributed by atoms with Crippen LogP contribution in [0, 0.1) is 0 Å². The minimum absolute atomic E-state index is 0.219. The number of hydrogen-bond acceptors (Lipinski definition) is 4. The number of fused-ring (bicyclic) bond motifs is 2. The van der Waals surface area contributed by atoms with Gasteiger partial charge in [0.15, 0.2) is 5.79 Å². The summed E-state index contributed by atoms with van der Waals surface area (Å²) in [5, 5.41) is 3.82. The predicted molar refractivity (Wildman–Crippen MR) is 66.3 cm³/mol. The van der Waals surface area contributed by atoms with Crippen LogP contribution in [0.5, 0.6) is 0 Å². The molecule has 4 fully saturated rings. The Morgan fingerprint density at radius 2 is 1.72 bits per heavy atom. The fourth-order valence-electron chi connectivity index (χ4n) is 4.13. The van der Waals surface area contributed by atoms with E-state index in [4.69, 9.17) is 14.2 Å². The van der Waals surface area contributed by atoms with Crippen molar-refractivity contribution in [3.05, 3.63) is 0 Å². The smallest absolute Gasteiger partial charge is 0.168 e. The third kappa shape index (κ3) is 1.99. The summed E-state index contributed by atoms with van der Waals surface area (Å²) in [5.41, 5.74) is 0. The molecule has 1 spiro atoms. The zero-order chi connectivity index (χ0) is 12.0. The molecule has 1 N–H and O–H groups in total. The molecule has 2 bridgehead atoms. The minimum Gasteiger partial charge on any atom is -0.373 e. The molecule has 0 aromatic rings. The van der Waals surface area contributed by atoms with Gasteiger partial charge in [0.25, 0.3) is 0 Å². The molecule has 4 nitrogen and oxygen atoms in total. The first-order valence-corrected chi connectivity index (χ1v) is 7.52. The SMILES string of the molecule is C1COC2(CCC(NC3CC4CCC3O4)CC2)O1. The van der Waals surface area contributed by atoms with E-state index in [1.54, 1.807) is 0 Å². The monoisotopic (exact) mass is 253 g/mol. The zero-order valence-corrected chi connectivity index (χ0v) is 10.9. The van der Waals surface area contributed by atoms with Crippen molar-refractivity contribution in [1.29, 1.82) is 0 Å². The molecule has 1 aliphatic carbocycles. The van der Waals surface area contributed by atoms with Crippen molar-refractivity contribution in [2.45, 2.75) is 75.0 Å². The highest BCUT2D eigenvalue weighted by Crippen LogP contribution is 2.38. The molecule has 4 aliphatic rings. The molecule has 0 amide bonds. The van der Waals surface area contributed by atoms with Gasteiger partial charge in [-0.1, -0.05) is 0 Å². The van der Waals surface area contributed by atoms with E-state index in [1.165, 1.54) is 32.1 Å². The first kappa shape index (κ1) is 11.6. The van der Waals surface area contributed by atoms with Gasteiger partial charge in [-0.25, -0.2) is 0 Å². The summed E-state index contributed by atoms with van der Waals surface area (Å²) in [4.78, 5) is 0. The Labute approximate surface area is 108 Å². The molecule has 102 valence electrons. The van der Waals surface area contributed by atoms with Gasteiger partial charge < -0.3 is 19.5 Å². The molecule has 4 rings (SSSR count). The van der Waals surface area contributed by atoms with Gasteiger partial charge in [-0.05, 0) is 32.1 Å². The molecule has 18 heavy (non-hydrogen) atoms. The van der Waals surface area contributed by atoms with Crippen molar-refractivity contribution >= 4 is 0 Å². The van der Waals surface area contributed by atoms with Crippen LogP contribution in [0.1, 0.15) is 44.9 Å². The lowest BCUT2D eigenvalue weighted by Gasteiger charge is -2.37. The topological polar surface area (TPSA) is 39.7 Å². The van der Waals surface area contributed by atoms with E-state index in [2.05, 4.69) is 5.32 Å². The average molecular weight is 253 g/mol. The maximum Gasteiger partial charge on any atom is 0.168 e. The summed E-state index contributed by atoms with van der Waals surface area (Å²) in [5.74, 6) is -0.219. The fraction of sp³-hybridized carbons (Fsp3) is 1.00. The van der Waals surface area contributed by atoms with Crippen LogP contribution in [0.25, 0.3) is 0 Å². The molecule has 3 saturated heterocycles. The molecule has 0 aromatic carbocycles. The maximum absolute atomic E-state index is 5.91. The van der Waals surface area contributed by atoms with Crippen LogP contribution >= 0.6 is 0 Å². The molecule has 0 aromatic heterocycles. The Balaban J connectivity index is 1.30. The molecular weight excluding hydrogens is 230 g/mol. The van der Waals surface area contributed by atoms with Crippen LogP contribution in [-0.4, -0.2) is 43.3 Å². The summed E-state index contributed by atoms with van der Waals surface area (Å²) < 4.78 is 17.5. The first-order valence-electron chi connectivity index (χ1n) is 7.52. The summed E-state index contributed by atoms with van der Waals surface area (Å²) in [7, 11) is 0. The van der Waals surface area contributed by atoms with E-state index in [9.17, 15) is 0 Å². The van der Waals surface area contributed by atoms with Crippen molar-refractivity contribution < 1.29 is 14.2 Å². The third-order valence-corrected chi connectivity index (χ3v) is 5.12. The Kier molecular flexibility index (Phi) is 2.87. The van der Waals surface area contributed by atoms with Gasteiger partial charge in [0, 0.05) is 24.9 Å². The lowest BCUT2D eigenvalue weighted by molar-refractivity contribution is -0.179. The Morgan fingerprint density at radius 1 is 0.944 bits per heavy atom. The Morgan fingerprint density at radius 3 is 2.33 bits per heavy atom. The van der Waals surface area contributed by atoms with Crippen molar-refractivity contribution in [3.63, 3.8) is 0 Å². The highest BCUT2D eigenvalue weighted by Gasteiger charge is 2.44. The number of ether oxygens (including phenoxy) is 3. The number of hydrogen-bond donors (Lipinski definition) is 1. The maximum atomic E-state index is 5.91. The van der Waals surface area contributed by atoms with Crippen molar-refractivity contribution in [2.24, 2.45) is 0 Å². The Hall–Kier alpha value is -0.160. The van der Waals surface area contributed by atoms with E-state index >= 15 is 0 Å². The summed E-state index contributed by atoms with van der Waals surface area (Å²) in [6.45, 7) is 1.55. The van der Waals surface area contributed by atoms with Crippen LogP contribution in [0.15, 0.2) is 0 Å². The normalized spacial score (nSPS) is 43.0. The number of nitrogens with one attached hydrogen (secondary N) is 1. The van der Waals surface area contributed by atoms with E-state index in [-0.39, 0.29) is 5.79 Å². The van der Waals surface area contributed by atoms with Crippen LogP contribution < -0.4 is 5.32 Å². The van der Waals surface area contributed by atoms with Gasteiger partial charge in [-0.3, -0.25) is 0 Å². The molecule has 0 radical (unpaired) electrons. The third-order valence-electron chi connectivity index (χ3n) is 5.12. The summed E-state index contributed by atoms with van der Waals surface area (Å²) in [6, 6.07) is 1.24. The lowest BCUT2D eigenvalue weighted by Crippen LogP contribution is -2.48. The molecule has 4 heteroatoms. The van der Waals surface area contributed by atoms with Crippen LogP contribution in [0.2, 0.25) is 0 Å². The van der Waals surface area contributed by atoms with Crippen LogP contribution in [0.3, 0.4) is 0 Å². The summed E-state index contributed by atoms with van der Waals surface area (Å²) >= 11 is 0. The van der Waals surface area contributed by atoms with E-state index in [1.807, 2.05) is 0 Å². The lowest BCUT2D eigenvalue weighted by atomic mass is 9.88. The highest BCUT2D eigenvalue weighted by atomic mass is 16.7. The van der Waals surface area contributed by atoms with Gasteiger partial charge in [0.1, 0.15) is 0 Å². The van der Waals surface area contributed by atoms with Gasteiger partial charge in [-0.2, -0.15) is 0 Å². The first-order chi connectivity index (χ1) is 8.83. The zero-order valence-electron chi connectivity index (χ0n) is 10.9. The molecule has 1 saturated carbocycles. The van der Waals surface area contributed by atoms with Crippen molar-refractivity contribution in [1.82, 2.24) is 5.32 Å². The minimum atomic E-state index is -0.219. The molecule has 3 heterocycles. The van der Waals surface area contributed by atoms with E-state index in [0.29, 0.717) is 24.3 Å². The van der Waals surface area contributed by atoms with Crippen molar-refractivity contribution in [3.8, 4) is 0 Å². The number of rotatable bonds is 2. The molecule has 3 unspecified atom stereocenters. The second-order valence-electron chi connectivity index (χ2n) is 6.26. The van der Waals surface area contributed by atoms with Gasteiger partial charge in [-0.15, -0.1) is 0 Å². The standard InChI is InChI=1S/C14H23NO3/c1-2-13-12(9-11(1)18-13)15-10-3-5-14(6-4-10)16-7-8-17-14/h10-13,15H,1-9H2. The van der Waals surface area contributed by atoms with Gasteiger partial charge in [0.05, 0.1) is 25.4 Å². The average Bonchev–Trinajstić information content (AvgIpc) is 3.09. The second-order valence-corrected chi connectivity index (χ2v) is 6.26. The summed E-state index contributed by atoms with van der Waals surface area (Å²) in [6.07, 6.45) is 9.23. The molecule has 3 atom stereocenters. The largest absolute Gasteiger partial charge is 0.373 e. The van der Waals surface area contributed by atoms with Gasteiger partial charge in [0.2, 0.25) is 0 Å². The van der Waals surface area contributed by atoms with Crippen LogP contribution in [0.4, 0.5) is 0 Å². The predicted octanol–water partition coefficient (Wildman–Crippen LogP) is 1.58. The highest BCUT2D eigenvalue weighted by molar-refractivity contribution is 4.96. The van der Waals surface area contributed by atoms with E-state index in [0.717, 1.165) is 26.1 Å². The Bertz CT molecular complexity index is 306. The molecular formula is C14H23NO3. The van der Waals surface area contributed by atoms with Crippen molar-refractivity contribution in [2.75, 3.05) is 13.2 Å². The quantitative estimate of drug-likeness (QED) is 0.811. The fourth-order valence-corrected chi connectivity index (χ4v) is 4.13. The van der Waals surface area contributed by atoms with E-state index < -0.39 is 0 Å². The second kappa shape index (κ2) is 4.44.